The minimum atomic E-state index is -0.380. The standard InChI is InChI=1S/C13H22N2O2/c16-9-3-6-13(17)10-11-7-8-15(14-11)12-4-1-2-5-12/h7-8,12-13,16-17H,1-6,9-10H2. The molecule has 2 rings (SSSR count). The van der Waals surface area contributed by atoms with Crippen LogP contribution in [0.15, 0.2) is 12.3 Å². The van der Waals surface area contributed by atoms with Gasteiger partial charge in [-0.2, -0.15) is 5.10 Å². The molecule has 1 fully saturated rings. The van der Waals surface area contributed by atoms with Gasteiger partial charge in [0.2, 0.25) is 0 Å². The summed E-state index contributed by atoms with van der Waals surface area (Å²) in [6.45, 7) is 0.146. The lowest BCUT2D eigenvalue weighted by molar-refractivity contribution is 0.148. The summed E-state index contributed by atoms with van der Waals surface area (Å²) in [6, 6.07) is 2.57. The van der Waals surface area contributed by atoms with Crippen LogP contribution in [-0.2, 0) is 6.42 Å². The van der Waals surface area contributed by atoms with E-state index in [0.717, 1.165) is 5.69 Å². The second-order valence-electron chi connectivity index (χ2n) is 4.95. The second-order valence-corrected chi connectivity index (χ2v) is 4.95. The minimum absolute atomic E-state index is 0.146. The summed E-state index contributed by atoms with van der Waals surface area (Å²) in [6.07, 6.45) is 8.62. The van der Waals surface area contributed by atoms with Crippen LogP contribution in [0.5, 0.6) is 0 Å². The van der Waals surface area contributed by atoms with Crippen molar-refractivity contribution in [2.45, 2.75) is 57.1 Å². The first-order chi connectivity index (χ1) is 8.29. The van der Waals surface area contributed by atoms with Crippen molar-refractivity contribution < 1.29 is 10.2 Å². The van der Waals surface area contributed by atoms with Gasteiger partial charge in [0.1, 0.15) is 0 Å². The molecule has 2 N–H and O–H groups in total. The van der Waals surface area contributed by atoms with E-state index in [-0.39, 0.29) is 12.7 Å². The van der Waals surface area contributed by atoms with Crippen LogP contribution in [0.4, 0.5) is 0 Å². The molecule has 1 unspecified atom stereocenters. The van der Waals surface area contributed by atoms with Crippen molar-refractivity contribution in [3.63, 3.8) is 0 Å². The molecule has 17 heavy (non-hydrogen) atoms. The lowest BCUT2D eigenvalue weighted by Crippen LogP contribution is -2.12. The fourth-order valence-electron chi connectivity index (χ4n) is 2.53. The monoisotopic (exact) mass is 238 g/mol. The van der Waals surface area contributed by atoms with E-state index in [4.69, 9.17) is 5.11 Å². The molecule has 0 radical (unpaired) electrons. The van der Waals surface area contributed by atoms with Gasteiger partial charge in [0.25, 0.3) is 0 Å². The van der Waals surface area contributed by atoms with Crippen LogP contribution >= 0.6 is 0 Å². The third-order valence-corrected chi connectivity index (χ3v) is 3.50. The number of nitrogens with zero attached hydrogens (tertiary/aromatic N) is 2. The first-order valence-electron chi connectivity index (χ1n) is 6.62. The number of aromatic nitrogens is 2. The SMILES string of the molecule is OCCCC(O)Cc1ccn(C2CCCC2)n1. The molecular formula is C13H22N2O2. The summed E-state index contributed by atoms with van der Waals surface area (Å²) in [5.74, 6) is 0. The smallest absolute Gasteiger partial charge is 0.0650 e. The van der Waals surface area contributed by atoms with E-state index in [2.05, 4.69) is 9.78 Å². The Hall–Kier alpha value is -0.870. The molecule has 1 atom stereocenters. The Morgan fingerprint density at radius 1 is 1.41 bits per heavy atom. The number of hydrogen-bond donors (Lipinski definition) is 2. The molecule has 96 valence electrons. The molecule has 1 aliphatic carbocycles. The molecule has 1 aromatic rings. The van der Waals surface area contributed by atoms with E-state index in [1.54, 1.807) is 0 Å². The lowest BCUT2D eigenvalue weighted by atomic mass is 10.1. The Morgan fingerprint density at radius 3 is 2.88 bits per heavy atom. The molecule has 0 aliphatic heterocycles. The lowest BCUT2D eigenvalue weighted by Gasteiger charge is -2.10. The van der Waals surface area contributed by atoms with Crippen LogP contribution in [0.2, 0.25) is 0 Å². The van der Waals surface area contributed by atoms with Crippen LogP contribution < -0.4 is 0 Å². The molecule has 1 heterocycles. The highest BCUT2D eigenvalue weighted by atomic mass is 16.3. The maximum Gasteiger partial charge on any atom is 0.0650 e. The Labute approximate surface area is 102 Å². The number of aliphatic hydroxyl groups is 2. The van der Waals surface area contributed by atoms with Crippen molar-refractivity contribution in [2.24, 2.45) is 0 Å². The molecule has 1 aliphatic rings. The zero-order valence-corrected chi connectivity index (χ0v) is 10.3. The topological polar surface area (TPSA) is 58.3 Å². The minimum Gasteiger partial charge on any atom is -0.396 e. The van der Waals surface area contributed by atoms with E-state index >= 15 is 0 Å². The zero-order chi connectivity index (χ0) is 12.1. The summed E-state index contributed by atoms with van der Waals surface area (Å²) >= 11 is 0. The Balaban J connectivity index is 1.84. The third-order valence-electron chi connectivity index (χ3n) is 3.50. The molecule has 0 saturated heterocycles. The van der Waals surface area contributed by atoms with Crippen LogP contribution in [0.1, 0.15) is 50.3 Å². The predicted molar refractivity (Wildman–Crippen MR) is 65.8 cm³/mol. The third kappa shape index (κ3) is 3.54. The highest BCUT2D eigenvalue weighted by Gasteiger charge is 2.18. The van der Waals surface area contributed by atoms with Gasteiger partial charge in [-0.1, -0.05) is 12.8 Å². The van der Waals surface area contributed by atoms with Gasteiger partial charge in [0, 0.05) is 19.2 Å². The van der Waals surface area contributed by atoms with Gasteiger partial charge >= 0.3 is 0 Å². The van der Waals surface area contributed by atoms with Crippen LogP contribution in [0.3, 0.4) is 0 Å². The van der Waals surface area contributed by atoms with Crippen LogP contribution in [0, 0.1) is 0 Å². The summed E-state index contributed by atoms with van der Waals surface area (Å²) in [7, 11) is 0. The quantitative estimate of drug-likeness (QED) is 0.792. The Bertz CT molecular complexity index is 332. The largest absolute Gasteiger partial charge is 0.396 e. The predicted octanol–water partition coefficient (Wildman–Crippen LogP) is 1.67. The van der Waals surface area contributed by atoms with Gasteiger partial charge in [-0.25, -0.2) is 0 Å². The summed E-state index contributed by atoms with van der Waals surface area (Å²) < 4.78 is 2.06. The molecule has 0 amide bonds. The van der Waals surface area contributed by atoms with E-state index in [1.807, 2.05) is 12.3 Å². The van der Waals surface area contributed by atoms with Crippen LogP contribution in [0.25, 0.3) is 0 Å². The fourth-order valence-corrected chi connectivity index (χ4v) is 2.53. The average molecular weight is 238 g/mol. The summed E-state index contributed by atoms with van der Waals surface area (Å²) in [5.41, 5.74) is 0.960. The van der Waals surface area contributed by atoms with E-state index in [1.165, 1.54) is 25.7 Å². The van der Waals surface area contributed by atoms with Gasteiger partial charge in [-0.3, -0.25) is 4.68 Å². The molecule has 0 spiro atoms. The normalized spacial score (nSPS) is 18.7. The molecule has 1 saturated carbocycles. The number of aliphatic hydroxyl groups excluding tert-OH is 2. The molecular weight excluding hydrogens is 216 g/mol. The highest BCUT2D eigenvalue weighted by Crippen LogP contribution is 2.28. The molecule has 0 aromatic carbocycles. The number of rotatable bonds is 6. The molecule has 0 bridgehead atoms. The van der Waals surface area contributed by atoms with Crippen molar-refractivity contribution in [2.75, 3.05) is 6.61 Å². The average Bonchev–Trinajstić information content (AvgIpc) is 2.95. The molecule has 1 aromatic heterocycles. The summed E-state index contributed by atoms with van der Waals surface area (Å²) in [4.78, 5) is 0. The first kappa shape index (κ1) is 12.6. The Kier molecular flexibility index (Phi) is 4.57. The second kappa shape index (κ2) is 6.17. The van der Waals surface area contributed by atoms with E-state index in [9.17, 15) is 5.11 Å². The van der Waals surface area contributed by atoms with Crippen molar-refractivity contribution in [3.8, 4) is 0 Å². The van der Waals surface area contributed by atoms with Gasteiger partial charge in [-0.05, 0) is 31.7 Å². The van der Waals surface area contributed by atoms with Crippen molar-refractivity contribution in [1.29, 1.82) is 0 Å². The zero-order valence-electron chi connectivity index (χ0n) is 10.3. The van der Waals surface area contributed by atoms with Crippen molar-refractivity contribution in [1.82, 2.24) is 9.78 Å². The molecule has 4 heteroatoms. The van der Waals surface area contributed by atoms with Gasteiger partial charge in [-0.15, -0.1) is 0 Å². The van der Waals surface area contributed by atoms with Crippen molar-refractivity contribution in [3.05, 3.63) is 18.0 Å². The summed E-state index contributed by atoms with van der Waals surface area (Å²) in [5, 5.41) is 23.0. The maximum absolute atomic E-state index is 9.75. The van der Waals surface area contributed by atoms with Crippen molar-refractivity contribution >= 4 is 0 Å². The first-order valence-corrected chi connectivity index (χ1v) is 6.62. The maximum atomic E-state index is 9.75. The molecule has 4 nitrogen and oxygen atoms in total. The number of hydrogen-bond acceptors (Lipinski definition) is 3. The van der Waals surface area contributed by atoms with E-state index < -0.39 is 0 Å². The van der Waals surface area contributed by atoms with E-state index in [0.29, 0.717) is 25.3 Å². The van der Waals surface area contributed by atoms with Gasteiger partial charge in [0.15, 0.2) is 0 Å². The van der Waals surface area contributed by atoms with Crippen LogP contribution in [-0.4, -0.2) is 32.7 Å². The fraction of sp³-hybridized carbons (Fsp3) is 0.769. The Morgan fingerprint density at radius 2 is 2.18 bits per heavy atom. The highest BCUT2D eigenvalue weighted by molar-refractivity contribution is 5.01. The van der Waals surface area contributed by atoms with Gasteiger partial charge < -0.3 is 10.2 Å². The van der Waals surface area contributed by atoms with Gasteiger partial charge in [0.05, 0.1) is 17.8 Å².